The predicted octanol–water partition coefficient (Wildman–Crippen LogP) is 1.66. The molecule has 120 valence electrons. The molecule has 1 aliphatic rings. The number of aromatic nitrogens is 3. The highest BCUT2D eigenvalue weighted by molar-refractivity contribution is 5.99. The molecule has 23 heavy (non-hydrogen) atoms. The zero-order valence-corrected chi connectivity index (χ0v) is 13.1. The summed E-state index contributed by atoms with van der Waals surface area (Å²) in [7, 11) is 0. The van der Waals surface area contributed by atoms with E-state index in [-0.39, 0.29) is 5.91 Å². The van der Waals surface area contributed by atoms with Gasteiger partial charge in [0.15, 0.2) is 0 Å². The van der Waals surface area contributed by atoms with Crippen molar-refractivity contribution >= 4 is 11.9 Å². The highest BCUT2D eigenvalue weighted by Crippen LogP contribution is 2.31. The Morgan fingerprint density at radius 1 is 1.35 bits per heavy atom. The fourth-order valence-corrected chi connectivity index (χ4v) is 3.03. The number of benzene rings is 1. The topological polar surface area (TPSA) is 88.3 Å². The van der Waals surface area contributed by atoms with Crippen LogP contribution in [0.4, 0.5) is 0 Å². The molecule has 1 aromatic heterocycles. The maximum atomic E-state index is 12.8. The van der Waals surface area contributed by atoms with Gasteiger partial charge in [0.05, 0.1) is 5.69 Å². The number of likely N-dealkylation sites (tertiary alicyclic amines) is 1. The lowest BCUT2D eigenvalue weighted by Crippen LogP contribution is -2.50. The van der Waals surface area contributed by atoms with E-state index in [1.54, 1.807) is 30.1 Å². The highest BCUT2D eigenvalue weighted by atomic mass is 16.4. The predicted molar refractivity (Wildman–Crippen MR) is 82.4 cm³/mol. The Labute approximate surface area is 133 Å². The zero-order chi connectivity index (χ0) is 16.6. The molecule has 1 N–H and O–H groups in total. The third-order valence-electron chi connectivity index (χ3n) is 4.47. The normalized spacial score (nSPS) is 20.7. The van der Waals surface area contributed by atoms with E-state index < -0.39 is 11.5 Å². The first-order valence-electron chi connectivity index (χ1n) is 7.44. The maximum Gasteiger partial charge on any atom is 0.329 e. The SMILES string of the molecule is Cc1cc(-n2cncn2)ccc1C(=O)N1CCCC1(C)C(=O)O. The van der Waals surface area contributed by atoms with Crippen LogP contribution in [0.25, 0.3) is 5.69 Å². The number of hydrogen-bond acceptors (Lipinski definition) is 4. The van der Waals surface area contributed by atoms with Gasteiger partial charge in [0.1, 0.15) is 18.2 Å². The second-order valence-corrected chi connectivity index (χ2v) is 5.98. The molecule has 2 aromatic rings. The molecule has 2 heterocycles. The fraction of sp³-hybridized carbons (Fsp3) is 0.375. The van der Waals surface area contributed by atoms with Crippen molar-refractivity contribution in [3.8, 4) is 5.69 Å². The number of carboxylic acids is 1. The fourth-order valence-electron chi connectivity index (χ4n) is 3.03. The van der Waals surface area contributed by atoms with Gasteiger partial charge in [-0.15, -0.1) is 0 Å². The molecule has 1 saturated heterocycles. The van der Waals surface area contributed by atoms with Crippen molar-refractivity contribution in [2.45, 2.75) is 32.2 Å². The first kappa shape index (κ1) is 15.2. The van der Waals surface area contributed by atoms with Gasteiger partial charge in [0.25, 0.3) is 5.91 Å². The Kier molecular flexibility index (Phi) is 3.63. The van der Waals surface area contributed by atoms with Gasteiger partial charge in [0.2, 0.25) is 0 Å². The van der Waals surface area contributed by atoms with Crippen LogP contribution in [0.1, 0.15) is 35.7 Å². The molecular formula is C16H18N4O3. The van der Waals surface area contributed by atoms with Crippen LogP contribution in [0.5, 0.6) is 0 Å². The molecule has 0 bridgehead atoms. The minimum atomic E-state index is -1.13. The Balaban J connectivity index is 1.93. The van der Waals surface area contributed by atoms with E-state index in [0.717, 1.165) is 11.3 Å². The smallest absolute Gasteiger partial charge is 0.329 e. The molecule has 1 fully saturated rings. The molecule has 0 spiro atoms. The van der Waals surface area contributed by atoms with Crippen LogP contribution in [-0.2, 0) is 4.79 Å². The number of carbonyl (C=O) groups excluding carboxylic acids is 1. The number of aryl methyl sites for hydroxylation is 1. The highest BCUT2D eigenvalue weighted by Gasteiger charge is 2.46. The third-order valence-corrected chi connectivity index (χ3v) is 4.47. The van der Waals surface area contributed by atoms with Crippen LogP contribution in [0.15, 0.2) is 30.9 Å². The van der Waals surface area contributed by atoms with Gasteiger partial charge in [-0.2, -0.15) is 5.10 Å². The second-order valence-electron chi connectivity index (χ2n) is 5.98. The first-order valence-corrected chi connectivity index (χ1v) is 7.44. The Bertz CT molecular complexity index is 757. The van der Waals surface area contributed by atoms with Crippen LogP contribution in [0, 0.1) is 6.92 Å². The lowest BCUT2D eigenvalue weighted by atomic mass is 9.97. The molecule has 0 saturated carbocycles. The summed E-state index contributed by atoms with van der Waals surface area (Å²) in [5, 5.41) is 13.5. The van der Waals surface area contributed by atoms with E-state index in [2.05, 4.69) is 10.1 Å². The molecule has 0 aliphatic carbocycles. The molecule has 3 rings (SSSR count). The van der Waals surface area contributed by atoms with E-state index >= 15 is 0 Å². The summed E-state index contributed by atoms with van der Waals surface area (Å²) >= 11 is 0. The van der Waals surface area contributed by atoms with Crippen molar-refractivity contribution in [2.24, 2.45) is 0 Å². The number of aliphatic carboxylic acids is 1. The van der Waals surface area contributed by atoms with Crippen molar-refractivity contribution in [3.63, 3.8) is 0 Å². The first-order chi connectivity index (χ1) is 10.9. The van der Waals surface area contributed by atoms with Crippen molar-refractivity contribution in [2.75, 3.05) is 6.54 Å². The Morgan fingerprint density at radius 2 is 2.13 bits per heavy atom. The van der Waals surface area contributed by atoms with Crippen LogP contribution in [-0.4, -0.2) is 48.7 Å². The Morgan fingerprint density at radius 3 is 2.74 bits per heavy atom. The standard InChI is InChI=1S/C16H18N4O3/c1-11-8-12(20-10-17-9-18-20)4-5-13(11)14(21)19-7-3-6-16(19,2)15(22)23/h4-5,8-10H,3,6-7H2,1-2H3,(H,22,23). The average Bonchev–Trinajstić information content (AvgIpc) is 3.16. The lowest BCUT2D eigenvalue weighted by molar-refractivity contribution is -0.147. The van der Waals surface area contributed by atoms with E-state index in [4.69, 9.17) is 0 Å². The molecule has 0 radical (unpaired) electrons. The van der Waals surface area contributed by atoms with E-state index in [1.807, 2.05) is 13.0 Å². The summed E-state index contributed by atoms with van der Waals surface area (Å²) in [5.74, 6) is -1.20. The average molecular weight is 314 g/mol. The number of carbonyl (C=O) groups is 2. The number of rotatable bonds is 3. The van der Waals surface area contributed by atoms with Crippen molar-refractivity contribution in [1.29, 1.82) is 0 Å². The minimum Gasteiger partial charge on any atom is -0.480 e. The van der Waals surface area contributed by atoms with Gasteiger partial charge in [-0.05, 0) is 50.5 Å². The van der Waals surface area contributed by atoms with Crippen molar-refractivity contribution in [1.82, 2.24) is 19.7 Å². The Hall–Kier alpha value is -2.70. The van der Waals surface area contributed by atoms with Crippen molar-refractivity contribution in [3.05, 3.63) is 42.0 Å². The molecule has 7 heteroatoms. The second kappa shape index (κ2) is 5.49. The summed E-state index contributed by atoms with van der Waals surface area (Å²) in [6, 6.07) is 5.34. The quantitative estimate of drug-likeness (QED) is 0.930. The summed E-state index contributed by atoms with van der Waals surface area (Å²) in [6.45, 7) is 3.91. The van der Waals surface area contributed by atoms with E-state index in [9.17, 15) is 14.7 Å². The number of carboxylic acid groups (broad SMARTS) is 1. The summed E-state index contributed by atoms with van der Waals surface area (Å²) in [5.41, 5.74) is 0.971. The molecule has 1 amide bonds. The van der Waals surface area contributed by atoms with Gasteiger partial charge in [0, 0.05) is 12.1 Å². The van der Waals surface area contributed by atoms with Gasteiger partial charge < -0.3 is 10.0 Å². The third kappa shape index (κ3) is 2.48. The van der Waals surface area contributed by atoms with E-state index in [0.29, 0.717) is 24.9 Å². The van der Waals surface area contributed by atoms with Gasteiger partial charge >= 0.3 is 5.97 Å². The molecule has 1 aromatic carbocycles. The summed E-state index contributed by atoms with van der Waals surface area (Å²) in [6.07, 6.45) is 4.20. The lowest BCUT2D eigenvalue weighted by Gasteiger charge is -2.31. The number of amides is 1. The monoisotopic (exact) mass is 314 g/mol. The molecule has 1 unspecified atom stereocenters. The van der Waals surface area contributed by atoms with Gasteiger partial charge in [-0.25, -0.2) is 14.5 Å². The van der Waals surface area contributed by atoms with Crippen molar-refractivity contribution < 1.29 is 14.7 Å². The maximum absolute atomic E-state index is 12.8. The zero-order valence-electron chi connectivity index (χ0n) is 13.1. The molecular weight excluding hydrogens is 296 g/mol. The molecule has 1 aliphatic heterocycles. The van der Waals surface area contributed by atoms with Crippen LogP contribution < -0.4 is 0 Å². The molecule has 7 nitrogen and oxygen atoms in total. The van der Waals surface area contributed by atoms with Gasteiger partial charge in [-0.3, -0.25) is 4.79 Å². The number of hydrogen-bond donors (Lipinski definition) is 1. The van der Waals surface area contributed by atoms with Crippen LogP contribution in [0.2, 0.25) is 0 Å². The summed E-state index contributed by atoms with van der Waals surface area (Å²) in [4.78, 5) is 29.7. The van der Waals surface area contributed by atoms with Crippen LogP contribution >= 0.6 is 0 Å². The van der Waals surface area contributed by atoms with Gasteiger partial charge in [-0.1, -0.05) is 0 Å². The number of nitrogens with zero attached hydrogens (tertiary/aromatic N) is 4. The summed E-state index contributed by atoms with van der Waals surface area (Å²) < 4.78 is 1.61. The largest absolute Gasteiger partial charge is 0.480 e. The minimum absolute atomic E-state index is 0.241. The van der Waals surface area contributed by atoms with Crippen LogP contribution in [0.3, 0.4) is 0 Å². The molecule has 1 atom stereocenters. The van der Waals surface area contributed by atoms with E-state index in [1.165, 1.54) is 11.2 Å².